The number of carbonyl (C=O) groups excluding carboxylic acids is 1. The Morgan fingerprint density at radius 1 is 1.06 bits per heavy atom. The van der Waals surface area contributed by atoms with Gasteiger partial charge in [-0.15, -0.1) is 0 Å². The largest absolute Gasteiger partial charge is 0.378 e. The van der Waals surface area contributed by atoms with Gasteiger partial charge in [-0.2, -0.15) is 0 Å². The van der Waals surface area contributed by atoms with Gasteiger partial charge in [-0.1, -0.05) is 0 Å². The van der Waals surface area contributed by atoms with Crippen LogP contribution in [0.4, 0.5) is 20.3 Å². The second kappa shape index (κ2) is 11.6. The topological polar surface area (TPSA) is 96.6 Å². The fraction of sp³-hybridized carbons (Fsp3) is 0.423. The van der Waals surface area contributed by atoms with Crippen molar-refractivity contribution in [3.8, 4) is 0 Å². The van der Waals surface area contributed by atoms with Crippen LogP contribution >= 0.6 is 0 Å². The monoisotopic (exact) mass is 498 g/mol. The maximum Gasteiger partial charge on any atom is 0.253 e. The van der Waals surface area contributed by atoms with Crippen molar-refractivity contribution in [2.24, 2.45) is 5.73 Å². The second-order valence-corrected chi connectivity index (χ2v) is 8.76. The lowest BCUT2D eigenvalue weighted by Crippen LogP contribution is -2.36. The fourth-order valence-corrected chi connectivity index (χ4v) is 4.55. The quantitative estimate of drug-likeness (QED) is 0.553. The van der Waals surface area contributed by atoms with Crippen LogP contribution in [0.1, 0.15) is 41.7 Å². The van der Waals surface area contributed by atoms with Crippen LogP contribution in [-0.2, 0) is 4.74 Å². The highest BCUT2D eigenvalue weighted by atomic mass is 19.2. The number of halogens is 2. The average molecular weight is 499 g/mol. The Balaban J connectivity index is 0.00000148. The highest BCUT2D eigenvalue weighted by Crippen LogP contribution is 2.30. The van der Waals surface area contributed by atoms with Crippen molar-refractivity contribution < 1.29 is 18.3 Å². The number of benzene rings is 2. The lowest BCUT2D eigenvalue weighted by molar-refractivity contribution is 0.0793. The number of nitrogens with zero attached hydrogens (tertiary/aromatic N) is 4. The molecule has 2 aliphatic heterocycles. The Kier molecular flexibility index (Phi) is 8.27. The van der Waals surface area contributed by atoms with Gasteiger partial charge >= 0.3 is 0 Å². The minimum absolute atomic E-state index is 0.0280. The van der Waals surface area contributed by atoms with Crippen LogP contribution in [0, 0.1) is 11.6 Å². The number of anilines is 2. The van der Waals surface area contributed by atoms with Gasteiger partial charge in [0.05, 0.1) is 36.5 Å². The van der Waals surface area contributed by atoms with Crippen molar-refractivity contribution in [1.82, 2.24) is 14.9 Å². The molecule has 3 aromatic rings. The Labute approximate surface area is 209 Å². The van der Waals surface area contributed by atoms with Crippen LogP contribution in [-0.4, -0.2) is 67.2 Å². The van der Waals surface area contributed by atoms with Crippen molar-refractivity contribution in [2.45, 2.75) is 25.8 Å². The van der Waals surface area contributed by atoms with Gasteiger partial charge in [-0.25, -0.2) is 13.8 Å². The molecule has 1 amide bonds. The zero-order valence-corrected chi connectivity index (χ0v) is 20.6. The number of hydrogen-bond acceptors (Lipinski definition) is 7. The number of amides is 1. The van der Waals surface area contributed by atoms with Gasteiger partial charge in [0, 0.05) is 49.1 Å². The number of nitrogens with two attached hydrogens (primary N) is 1. The fourth-order valence-electron chi connectivity index (χ4n) is 4.55. The SMILES string of the molecule is CC(Nc1ccc(F)c(F)c1)c1cc(C(=O)N2CCCC2)cc2ncc(N3CCOCC3)nc12.CN. The summed E-state index contributed by atoms with van der Waals surface area (Å²) in [6, 6.07) is 7.00. The van der Waals surface area contributed by atoms with E-state index in [4.69, 9.17) is 9.72 Å². The van der Waals surface area contributed by atoms with Crippen LogP contribution in [0.3, 0.4) is 0 Å². The molecule has 1 unspecified atom stereocenters. The van der Waals surface area contributed by atoms with Crippen molar-refractivity contribution in [3.63, 3.8) is 0 Å². The summed E-state index contributed by atoms with van der Waals surface area (Å²) in [5.41, 5.74) is 7.55. The molecule has 192 valence electrons. The number of morpholine rings is 1. The second-order valence-electron chi connectivity index (χ2n) is 8.76. The predicted molar refractivity (Wildman–Crippen MR) is 136 cm³/mol. The van der Waals surface area contributed by atoms with E-state index in [1.165, 1.54) is 13.1 Å². The van der Waals surface area contributed by atoms with Gasteiger partial charge in [-0.3, -0.25) is 9.78 Å². The first kappa shape index (κ1) is 25.7. The number of hydrogen-bond donors (Lipinski definition) is 2. The van der Waals surface area contributed by atoms with E-state index in [1.807, 2.05) is 17.9 Å². The summed E-state index contributed by atoms with van der Waals surface area (Å²) in [6.45, 7) is 6.11. The number of rotatable bonds is 5. The summed E-state index contributed by atoms with van der Waals surface area (Å²) in [5, 5.41) is 3.22. The van der Waals surface area contributed by atoms with Crippen molar-refractivity contribution >= 4 is 28.4 Å². The molecule has 2 aromatic carbocycles. The van der Waals surface area contributed by atoms with E-state index >= 15 is 0 Å². The third kappa shape index (κ3) is 5.55. The van der Waals surface area contributed by atoms with Gasteiger partial charge in [0.1, 0.15) is 5.82 Å². The van der Waals surface area contributed by atoms with E-state index in [1.54, 1.807) is 12.3 Å². The number of carbonyl (C=O) groups is 1. The number of fused-ring (bicyclic) bond motifs is 1. The van der Waals surface area contributed by atoms with Crippen molar-refractivity contribution in [1.29, 1.82) is 0 Å². The van der Waals surface area contributed by atoms with Gasteiger partial charge in [0.15, 0.2) is 11.6 Å². The number of likely N-dealkylation sites (tertiary alicyclic amines) is 1. The standard InChI is InChI=1S/C25H27F2N5O2.CH5N/c1-16(29-18-4-5-20(26)21(27)14-18)19-12-17(25(33)32-6-2-3-7-32)13-22-24(19)30-23(15-28-22)31-8-10-34-11-9-31;1-2/h4-5,12-16,29H,2-3,6-11H2,1H3;2H2,1H3. The van der Waals surface area contributed by atoms with Crippen LogP contribution in [0.15, 0.2) is 36.5 Å². The molecule has 8 nitrogen and oxygen atoms in total. The molecule has 1 atom stereocenters. The van der Waals surface area contributed by atoms with Crippen LogP contribution in [0.5, 0.6) is 0 Å². The van der Waals surface area contributed by atoms with E-state index in [-0.39, 0.29) is 11.9 Å². The summed E-state index contributed by atoms with van der Waals surface area (Å²) in [4.78, 5) is 26.7. The first-order valence-electron chi connectivity index (χ1n) is 12.2. The van der Waals surface area contributed by atoms with Crippen LogP contribution in [0.25, 0.3) is 11.0 Å². The molecule has 2 saturated heterocycles. The Bertz CT molecular complexity index is 1210. The summed E-state index contributed by atoms with van der Waals surface area (Å²) in [7, 11) is 1.50. The van der Waals surface area contributed by atoms with Crippen molar-refractivity contribution in [2.75, 3.05) is 56.7 Å². The Morgan fingerprint density at radius 2 is 1.78 bits per heavy atom. The molecule has 2 aliphatic rings. The summed E-state index contributed by atoms with van der Waals surface area (Å²) < 4.78 is 32.6. The molecule has 1 aromatic heterocycles. The first-order valence-corrected chi connectivity index (χ1v) is 12.2. The molecule has 36 heavy (non-hydrogen) atoms. The van der Waals surface area contributed by atoms with Crippen LogP contribution in [0.2, 0.25) is 0 Å². The molecule has 0 spiro atoms. The molecule has 3 heterocycles. The molecule has 5 rings (SSSR count). The van der Waals surface area contributed by atoms with Crippen molar-refractivity contribution in [3.05, 3.63) is 59.3 Å². The number of ether oxygens (including phenoxy) is 1. The smallest absolute Gasteiger partial charge is 0.253 e. The van der Waals surface area contributed by atoms with Gasteiger partial charge < -0.3 is 25.6 Å². The Hall–Kier alpha value is -3.37. The first-order chi connectivity index (χ1) is 17.5. The van der Waals surface area contributed by atoms with Gasteiger partial charge in [0.2, 0.25) is 0 Å². The highest BCUT2D eigenvalue weighted by molar-refractivity contribution is 5.98. The molecule has 3 N–H and O–H groups in total. The van der Waals surface area contributed by atoms with E-state index in [9.17, 15) is 13.6 Å². The van der Waals surface area contributed by atoms with Gasteiger partial charge in [-0.05, 0) is 51.1 Å². The maximum atomic E-state index is 13.8. The minimum Gasteiger partial charge on any atom is -0.378 e. The molecule has 10 heteroatoms. The average Bonchev–Trinajstić information content (AvgIpc) is 3.46. The predicted octanol–water partition coefficient (Wildman–Crippen LogP) is 3.73. The number of aromatic nitrogens is 2. The summed E-state index contributed by atoms with van der Waals surface area (Å²) in [5.74, 6) is -1.10. The normalized spacial score (nSPS) is 16.5. The minimum atomic E-state index is -0.922. The number of nitrogens with one attached hydrogen (secondary N) is 1. The zero-order valence-electron chi connectivity index (χ0n) is 20.6. The molecular weight excluding hydrogens is 466 g/mol. The van der Waals surface area contributed by atoms with Gasteiger partial charge in [0.25, 0.3) is 5.91 Å². The summed E-state index contributed by atoms with van der Waals surface area (Å²) in [6.07, 6.45) is 3.74. The molecule has 0 aliphatic carbocycles. The zero-order chi connectivity index (χ0) is 25.7. The Morgan fingerprint density at radius 3 is 2.47 bits per heavy atom. The summed E-state index contributed by atoms with van der Waals surface area (Å²) >= 11 is 0. The third-order valence-corrected chi connectivity index (χ3v) is 6.41. The third-order valence-electron chi connectivity index (χ3n) is 6.41. The molecule has 0 radical (unpaired) electrons. The van der Waals surface area contributed by atoms with E-state index < -0.39 is 11.6 Å². The van der Waals surface area contributed by atoms with E-state index in [0.717, 1.165) is 62.5 Å². The van der Waals surface area contributed by atoms with Crippen LogP contribution < -0.4 is 16.0 Å². The lowest BCUT2D eigenvalue weighted by Gasteiger charge is -2.28. The highest BCUT2D eigenvalue weighted by Gasteiger charge is 2.23. The lowest BCUT2D eigenvalue weighted by atomic mass is 10.0. The molecular formula is C26H32F2N6O2. The molecule has 0 saturated carbocycles. The maximum absolute atomic E-state index is 13.8. The van der Waals surface area contributed by atoms with E-state index in [0.29, 0.717) is 35.5 Å². The molecule has 0 bridgehead atoms. The van der Waals surface area contributed by atoms with E-state index in [2.05, 4.69) is 20.9 Å². The molecule has 2 fully saturated rings.